The second-order valence-electron chi connectivity index (χ2n) is 6.84. The van der Waals surface area contributed by atoms with Crippen LogP contribution in [-0.2, 0) is 18.4 Å². The van der Waals surface area contributed by atoms with Gasteiger partial charge in [-0.2, -0.15) is 0 Å². The third-order valence-electron chi connectivity index (χ3n) is 4.68. The summed E-state index contributed by atoms with van der Waals surface area (Å²) in [6, 6.07) is 18.2. The molecule has 4 aromatic rings. The second-order valence-corrected chi connectivity index (χ2v) is 7.65. The smallest absolute Gasteiger partial charge is 0.308 e. The highest BCUT2D eigenvalue weighted by molar-refractivity contribution is 6.39. The van der Waals surface area contributed by atoms with Crippen molar-refractivity contribution in [1.82, 2.24) is 9.55 Å². The molecule has 4 rings (SSSR count). The summed E-state index contributed by atoms with van der Waals surface area (Å²) in [6.07, 6.45) is 0. The molecule has 0 aliphatic carbocycles. The summed E-state index contributed by atoms with van der Waals surface area (Å²) in [5, 5.41) is 4.02. The summed E-state index contributed by atoms with van der Waals surface area (Å²) in [6.45, 7) is 1.59. The zero-order valence-corrected chi connectivity index (χ0v) is 18.4. The van der Waals surface area contributed by atoms with E-state index in [0.717, 1.165) is 16.9 Å². The third-order valence-corrected chi connectivity index (χ3v) is 5.31. The van der Waals surface area contributed by atoms with E-state index in [1.54, 1.807) is 36.4 Å². The summed E-state index contributed by atoms with van der Waals surface area (Å²) in [7, 11) is 1.94. The molecule has 0 amide bonds. The number of carbonyl (C=O) groups is 1. The molecule has 31 heavy (non-hydrogen) atoms. The van der Waals surface area contributed by atoms with E-state index in [1.807, 2.05) is 35.9 Å². The molecule has 0 spiro atoms. The molecule has 3 aromatic carbocycles. The van der Waals surface area contributed by atoms with E-state index in [4.69, 9.17) is 32.7 Å². The molecule has 158 valence electrons. The predicted octanol–water partition coefficient (Wildman–Crippen LogP) is 6.13. The summed E-state index contributed by atoms with van der Waals surface area (Å²) in [5.74, 6) is 1.14. The van der Waals surface area contributed by atoms with Gasteiger partial charge in [0.1, 0.15) is 18.2 Å². The van der Waals surface area contributed by atoms with Gasteiger partial charge in [0.2, 0.25) is 0 Å². The maximum absolute atomic E-state index is 11.6. The van der Waals surface area contributed by atoms with E-state index >= 15 is 0 Å². The number of anilines is 2. The predicted molar refractivity (Wildman–Crippen MR) is 123 cm³/mol. The van der Waals surface area contributed by atoms with Gasteiger partial charge in [0.15, 0.2) is 5.75 Å². The number of benzene rings is 3. The van der Waals surface area contributed by atoms with Gasteiger partial charge in [-0.15, -0.1) is 0 Å². The van der Waals surface area contributed by atoms with Crippen LogP contribution in [0.5, 0.6) is 11.5 Å². The summed E-state index contributed by atoms with van der Waals surface area (Å²) in [5.41, 5.74) is 2.98. The van der Waals surface area contributed by atoms with E-state index in [2.05, 4.69) is 10.3 Å². The van der Waals surface area contributed by atoms with E-state index in [0.29, 0.717) is 32.9 Å². The quantitative estimate of drug-likeness (QED) is 0.279. The lowest BCUT2D eigenvalue weighted by Gasteiger charge is -2.15. The van der Waals surface area contributed by atoms with E-state index in [1.165, 1.54) is 6.92 Å². The van der Waals surface area contributed by atoms with Crippen LogP contribution < -0.4 is 14.8 Å². The van der Waals surface area contributed by atoms with Gasteiger partial charge < -0.3 is 19.4 Å². The zero-order chi connectivity index (χ0) is 22.0. The molecule has 6 nitrogen and oxygen atoms in total. The number of imidazole rings is 1. The first-order chi connectivity index (χ1) is 14.9. The molecule has 1 heterocycles. The van der Waals surface area contributed by atoms with Crippen LogP contribution in [0, 0.1) is 0 Å². The Labute approximate surface area is 189 Å². The van der Waals surface area contributed by atoms with Crippen molar-refractivity contribution in [2.45, 2.75) is 13.5 Å². The Bertz CT molecular complexity index is 1250. The van der Waals surface area contributed by atoms with Crippen LogP contribution in [0.25, 0.3) is 11.0 Å². The highest BCUT2D eigenvalue weighted by Crippen LogP contribution is 2.37. The van der Waals surface area contributed by atoms with Gasteiger partial charge in [0, 0.05) is 20.0 Å². The van der Waals surface area contributed by atoms with E-state index < -0.39 is 5.97 Å². The maximum atomic E-state index is 11.6. The molecule has 1 aromatic heterocycles. The molecule has 1 N–H and O–H groups in total. The first-order valence-corrected chi connectivity index (χ1v) is 10.2. The lowest BCUT2D eigenvalue weighted by atomic mass is 10.2. The van der Waals surface area contributed by atoms with Crippen molar-refractivity contribution in [2.24, 2.45) is 7.05 Å². The van der Waals surface area contributed by atoms with Gasteiger partial charge >= 0.3 is 5.97 Å². The topological polar surface area (TPSA) is 65.4 Å². The van der Waals surface area contributed by atoms with Crippen LogP contribution in [0.1, 0.15) is 12.7 Å². The Morgan fingerprint density at radius 3 is 2.52 bits per heavy atom. The molecule has 0 aliphatic rings. The van der Waals surface area contributed by atoms with Gasteiger partial charge in [0.05, 0.1) is 32.5 Å². The van der Waals surface area contributed by atoms with Crippen molar-refractivity contribution in [3.05, 3.63) is 76.5 Å². The number of halogens is 2. The number of ether oxygens (including phenoxy) is 2. The van der Waals surface area contributed by atoms with Crippen LogP contribution in [0.3, 0.4) is 0 Å². The van der Waals surface area contributed by atoms with Crippen LogP contribution in [0.15, 0.2) is 60.7 Å². The molecule has 0 radical (unpaired) electrons. The average Bonchev–Trinajstić information content (AvgIpc) is 3.06. The normalized spacial score (nSPS) is 10.8. The van der Waals surface area contributed by atoms with Crippen molar-refractivity contribution < 1.29 is 14.3 Å². The van der Waals surface area contributed by atoms with E-state index in [9.17, 15) is 4.79 Å². The summed E-state index contributed by atoms with van der Waals surface area (Å²) in [4.78, 5) is 16.2. The number of rotatable bonds is 6. The number of aromatic nitrogens is 2. The number of nitrogens with zero attached hydrogens (tertiary/aromatic N) is 2. The number of carbonyl (C=O) groups excluding carboxylic acids is 1. The van der Waals surface area contributed by atoms with E-state index in [-0.39, 0.29) is 6.61 Å². The number of fused-ring (bicyclic) bond motifs is 1. The lowest BCUT2D eigenvalue weighted by Crippen LogP contribution is -2.06. The summed E-state index contributed by atoms with van der Waals surface area (Å²) >= 11 is 12.5. The first kappa shape index (κ1) is 21.0. The summed E-state index contributed by atoms with van der Waals surface area (Å²) < 4.78 is 13.3. The Hall–Kier alpha value is -3.22. The van der Waals surface area contributed by atoms with Crippen molar-refractivity contribution in [1.29, 1.82) is 0 Å². The lowest BCUT2D eigenvalue weighted by molar-refractivity contribution is -0.131. The average molecular weight is 456 g/mol. The van der Waals surface area contributed by atoms with Gasteiger partial charge in [-0.05, 0) is 36.4 Å². The number of hydrogen-bond acceptors (Lipinski definition) is 5. The van der Waals surface area contributed by atoms with Crippen LogP contribution >= 0.6 is 23.2 Å². The zero-order valence-electron chi connectivity index (χ0n) is 16.9. The highest BCUT2D eigenvalue weighted by Gasteiger charge is 2.14. The molecule has 0 saturated carbocycles. The fourth-order valence-electron chi connectivity index (χ4n) is 3.16. The van der Waals surface area contributed by atoms with Crippen LogP contribution in [0.4, 0.5) is 11.4 Å². The minimum absolute atomic E-state index is 0.258. The van der Waals surface area contributed by atoms with Crippen molar-refractivity contribution in [3.63, 3.8) is 0 Å². The Balaban J connectivity index is 1.59. The molecule has 0 atom stereocenters. The van der Waals surface area contributed by atoms with Gasteiger partial charge in [-0.25, -0.2) is 4.98 Å². The van der Waals surface area contributed by atoms with Crippen molar-refractivity contribution in [3.8, 4) is 11.5 Å². The van der Waals surface area contributed by atoms with Crippen LogP contribution in [0.2, 0.25) is 10.0 Å². The van der Waals surface area contributed by atoms with Crippen molar-refractivity contribution >= 4 is 51.6 Å². The Morgan fingerprint density at radius 2 is 1.81 bits per heavy atom. The van der Waals surface area contributed by atoms with Gasteiger partial charge in [-0.1, -0.05) is 41.4 Å². The SMILES string of the molecule is CC(=O)Oc1cc(OCc2nc3ccccc3n2C)ccc1Nc1c(Cl)cccc1Cl. The number of aryl methyl sites for hydroxylation is 1. The molecule has 0 aliphatic heterocycles. The highest BCUT2D eigenvalue weighted by atomic mass is 35.5. The molecule has 0 unspecified atom stereocenters. The molecule has 0 bridgehead atoms. The number of para-hydroxylation sites is 3. The largest absolute Gasteiger partial charge is 0.486 e. The number of esters is 1. The minimum Gasteiger partial charge on any atom is -0.486 e. The minimum atomic E-state index is -0.458. The second kappa shape index (κ2) is 8.88. The maximum Gasteiger partial charge on any atom is 0.308 e. The van der Waals surface area contributed by atoms with Gasteiger partial charge in [0.25, 0.3) is 0 Å². The molecule has 0 fully saturated rings. The standard InChI is InChI=1S/C23H19Cl2N3O3/c1-14(29)31-21-12-15(10-11-19(21)27-23-16(24)6-5-7-17(23)25)30-13-22-26-18-8-3-4-9-20(18)28(22)2/h3-12,27H,13H2,1-2H3. The molecule has 0 saturated heterocycles. The van der Waals surface area contributed by atoms with Crippen molar-refractivity contribution in [2.75, 3.05) is 5.32 Å². The Kier molecular flexibility index (Phi) is 6.02. The van der Waals surface area contributed by atoms with Gasteiger partial charge in [-0.3, -0.25) is 4.79 Å². The molecule has 8 heteroatoms. The number of nitrogens with one attached hydrogen (secondary N) is 1. The first-order valence-electron chi connectivity index (χ1n) is 9.49. The van der Waals surface area contributed by atoms with Crippen LogP contribution in [-0.4, -0.2) is 15.5 Å². The molecular weight excluding hydrogens is 437 g/mol. The number of hydrogen-bond donors (Lipinski definition) is 1. The monoisotopic (exact) mass is 455 g/mol. The Morgan fingerprint density at radius 1 is 1.06 bits per heavy atom. The fourth-order valence-corrected chi connectivity index (χ4v) is 3.65. The third kappa shape index (κ3) is 4.60. The fraction of sp³-hybridized carbons (Fsp3) is 0.130. The molecular formula is C23H19Cl2N3O3.